The van der Waals surface area contributed by atoms with Crippen LogP contribution in [0.3, 0.4) is 0 Å². The second kappa shape index (κ2) is 9.06. The molecule has 152 valence electrons. The van der Waals surface area contributed by atoms with E-state index in [1.807, 2.05) is 25.1 Å². The van der Waals surface area contributed by atoms with Gasteiger partial charge in [0.1, 0.15) is 0 Å². The van der Waals surface area contributed by atoms with Gasteiger partial charge in [-0.05, 0) is 50.3 Å². The predicted molar refractivity (Wildman–Crippen MR) is 101 cm³/mol. The number of carbonyl (C=O) groups excluding carboxylic acids is 1. The van der Waals surface area contributed by atoms with E-state index < -0.39 is 30.8 Å². The summed E-state index contributed by atoms with van der Waals surface area (Å²) in [5.74, 6) is -1.94. The molecule has 0 bridgehead atoms. The fourth-order valence-electron chi connectivity index (χ4n) is 3.53. The van der Waals surface area contributed by atoms with E-state index in [1.54, 1.807) is 7.11 Å². The van der Waals surface area contributed by atoms with Crippen LogP contribution in [-0.2, 0) is 4.79 Å². The molecule has 0 radical (unpaired) electrons. The van der Waals surface area contributed by atoms with Gasteiger partial charge in [0.25, 0.3) is 5.92 Å². The SMILES string of the molecule is COc1cc(C(C)NC(=O)C2CC(F)(F)CN2)ccc1OC1CCCC1.Cl. The van der Waals surface area contributed by atoms with E-state index in [0.29, 0.717) is 11.5 Å². The Labute approximate surface area is 164 Å². The van der Waals surface area contributed by atoms with Gasteiger partial charge in [-0.15, -0.1) is 12.4 Å². The molecule has 2 N–H and O–H groups in total. The molecular formula is C19H27ClF2N2O3. The second-order valence-electron chi connectivity index (χ2n) is 7.16. The lowest BCUT2D eigenvalue weighted by Crippen LogP contribution is -2.41. The fraction of sp³-hybridized carbons (Fsp3) is 0.632. The predicted octanol–water partition coefficient (Wildman–Crippen LogP) is 3.61. The van der Waals surface area contributed by atoms with Crippen molar-refractivity contribution in [3.05, 3.63) is 23.8 Å². The molecule has 1 saturated carbocycles. The van der Waals surface area contributed by atoms with Crippen molar-refractivity contribution in [2.45, 2.75) is 63.1 Å². The van der Waals surface area contributed by atoms with Gasteiger partial charge in [0.15, 0.2) is 11.5 Å². The molecule has 2 atom stereocenters. The van der Waals surface area contributed by atoms with Gasteiger partial charge in [-0.25, -0.2) is 8.78 Å². The van der Waals surface area contributed by atoms with Crippen molar-refractivity contribution >= 4 is 18.3 Å². The molecule has 1 heterocycles. The van der Waals surface area contributed by atoms with Gasteiger partial charge in [-0.2, -0.15) is 0 Å². The lowest BCUT2D eigenvalue weighted by molar-refractivity contribution is -0.124. The lowest BCUT2D eigenvalue weighted by atomic mass is 10.1. The molecule has 2 aliphatic rings. The summed E-state index contributed by atoms with van der Waals surface area (Å²) in [6.45, 7) is 1.36. The second-order valence-corrected chi connectivity index (χ2v) is 7.16. The lowest BCUT2D eigenvalue weighted by Gasteiger charge is -2.20. The third-order valence-electron chi connectivity index (χ3n) is 5.07. The maximum atomic E-state index is 13.3. The molecule has 2 unspecified atom stereocenters. The summed E-state index contributed by atoms with van der Waals surface area (Å²) in [4.78, 5) is 12.2. The molecule has 1 aromatic carbocycles. The third kappa shape index (κ3) is 5.45. The Balaban J connectivity index is 0.00000261. The van der Waals surface area contributed by atoms with Gasteiger partial charge in [0.2, 0.25) is 5.91 Å². The Morgan fingerprint density at radius 1 is 1.30 bits per heavy atom. The molecule has 2 fully saturated rings. The number of hydrogen-bond donors (Lipinski definition) is 2. The molecule has 27 heavy (non-hydrogen) atoms. The third-order valence-corrected chi connectivity index (χ3v) is 5.07. The van der Waals surface area contributed by atoms with E-state index in [2.05, 4.69) is 10.6 Å². The number of ether oxygens (including phenoxy) is 2. The van der Waals surface area contributed by atoms with E-state index in [0.717, 1.165) is 18.4 Å². The Bertz CT molecular complexity index is 654. The first-order valence-corrected chi connectivity index (χ1v) is 9.14. The molecule has 3 rings (SSSR count). The molecule has 1 aliphatic heterocycles. The number of rotatable bonds is 6. The van der Waals surface area contributed by atoms with Crippen molar-refractivity contribution in [1.82, 2.24) is 10.6 Å². The summed E-state index contributed by atoms with van der Waals surface area (Å²) in [6, 6.07) is 4.35. The van der Waals surface area contributed by atoms with Crippen molar-refractivity contribution < 1.29 is 23.0 Å². The average Bonchev–Trinajstić information content (AvgIpc) is 3.24. The van der Waals surface area contributed by atoms with Crippen molar-refractivity contribution in [2.75, 3.05) is 13.7 Å². The molecule has 0 aromatic heterocycles. The highest BCUT2D eigenvalue weighted by Gasteiger charge is 2.42. The number of nitrogens with one attached hydrogen (secondary N) is 2. The molecular weight excluding hydrogens is 378 g/mol. The fourth-order valence-corrected chi connectivity index (χ4v) is 3.53. The number of halogens is 3. The van der Waals surface area contributed by atoms with E-state index in [9.17, 15) is 13.6 Å². The summed E-state index contributed by atoms with van der Waals surface area (Å²) in [6.07, 6.45) is 4.22. The normalized spacial score (nSPS) is 22.7. The Hall–Kier alpha value is -1.60. The van der Waals surface area contributed by atoms with Gasteiger partial charge in [-0.1, -0.05) is 6.07 Å². The first kappa shape index (κ1) is 21.7. The highest BCUT2D eigenvalue weighted by atomic mass is 35.5. The zero-order chi connectivity index (χ0) is 18.7. The highest BCUT2D eigenvalue weighted by Crippen LogP contribution is 2.34. The zero-order valence-electron chi connectivity index (χ0n) is 15.6. The van der Waals surface area contributed by atoms with Crippen molar-refractivity contribution in [3.63, 3.8) is 0 Å². The van der Waals surface area contributed by atoms with Crippen LogP contribution in [-0.4, -0.2) is 37.6 Å². The highest BCUT2D eigenvalue weighted by molar-refractivity contribution is 5.85. The van der Waals surface area contributed by atoms with Crippen LogP contribution in [0.5, 0.6) is 11.5 Å². The van der Waals surface area contributed by atoms with Crippen molar-refractivity contribution in [3.8, 4) is 11.5 Å². The van der Waals surface area contributed by atoms with Gasteiger partial charge in [0.05, 0.1) is 31.8 Å². The largest absolute Gasteiger partial charge is 0.493 e. The molecule has 5 nitrogen and oxygen atoms in total. The molecule has 0 spiro atoms. The molecule has 1 aromatic rings. The van der Waals surface area contributed by atoms with Crippen LogP contribution in [0.2, 0.25) is 0 Å². The van der Waals surface area contributed by atoms with Crippen LogP contribution in [0.4, 0.5) is 8.78 Å². The summed E-state index contributed by atoms with van der Waals surface area (Å²) in [7, 11) is 1.58. The minimum atomic E-state index is -2.83. The first-order valence-electron chi connectivity index (χ1n) is 9.14. The number of carbonyl (C=O) groups is 1. The van der Waals surface area contributed by atoms with E-state index in [1.165, 1.54) is 12.8 Å². The molecule has 1 amide bonds. The van der Waals surface area contributed by atoms with Crippen LogP contribution in [0.15, 0.2) is 18.2 Å². The van der Waals surface area contributed by atoms with Gasteiger partial charge in [0, 0.05) is 6.42 Å². The van der Waals surface area contributed by atoms with Gasteiger partial charge in [-0.3, -0.25) is 10.1 Å². The quantitative estimate of drug-likeness (QED) is 0.760. The minimum Gasteiger partial charge on any atom is -0.493 e. The van der Waals surface area contributed by atoms with Crippen LogP contribution in [0.25, 0.3) is 0 Å². The monoisotopic (exact) mass is 404 g/mol. The van der Waals surface area contributed by atoms with Crippen LogP contribution < -0.4 is 20.1 Å². The zero-order valence-corrected chi connectivity index (χ0v) is 16.4. The molecule has 1 aliphatic carbocycles. The summed E-state index contributed by atoms with van der Waals surface area (Å²) in [5, 5.41) is 5.36. The Morgan fingerprint density at radius 3 is 2.59 bits per heavy atom. The number of methoxy groups -OCH3 is 1. The van der Waals surface area contributed by atoms with E-state index in [-0.39, 0.29) is 24.6 Å². The van der Waals surface area contributed by atoms with Crippen LogP contribution in [0, 0.1) is 0 Å². The smallest absolute Gasteiger partial charge is 0.262 e. The van der Waals surface area contributed by atoms with Crippen molar-refractivity contribution in [2.24, 2.45) is 0 Å². The Morgan fingerprint density at radius 2 is 2.00 bits per heavy atom. The standard InChI is InChI=1S/C19H26F2N2O3.ClH/c1-12(23-18(24)15-10-19(20,21)11-22-15)13-7-8-16(17(9-13)25-2)26-14-5-3-4-6-14;/h7-9,12,14-15,22H,3-6,10-11H2,1-2H3,(H,23,24);1H. The van der Waals surface area contributed by atoms with Crippen LogP contribution >= 0.6 is 12.4 Å². The number of benzene rings is 1. The average molecular weight is 405 g/mol. The maximum absolute atomic E-state index is 13.3. The number of amides is 1. The molecule has 1 saturated heterocycles. The van der Waals surface area contributed by atoms with E-state index >= 15 is 0 Å². The van der Waals surface area contributed by atoms with Gasteiger partial charge < -0.3 is 14.8 Å². The summed E-state index contributed by atoms with van der Waals surface area (Å²) in [5.41, 5.74) is 0.832. The summed E-state index contributed by atoms with van der Waals surface area (Å²) >= 11 is 0. The number of hydrogen-bond acceptors (Lipinski definition) is 4. The van der Waals surface area contributed by atoms with Crippen molar-refractivity contribution in [1.29, 1.82) is 0 Å². The maximum Gasteiger partial charge on any atom is 0.262 e. The topological polar surface area (TPSA) is 59.6 Å². The summed E-state index contributed by atoms with van der Waals surface area (Å²) < 4.78 is 37.9. The number of alkyl halides is 2. The molecule has 8 heteroatoms. The Kier molecular flexibility index (Phi) is 7.28. The first-order chi connectivity index (χ1) is 12.4. The van der Waals surface area contributed by atoms with Gasteiger partial charge >= 0.3 is 0 Å². The van der Waals surface area contributed by atoms with Crippen LogP contribution in [0.1, 0.15) is 50.6 Å². The van der Waals surface area contributed by atoms with E-state index in [4.69, 9.17) is 9.47 Å². The minimum absolute atomic E-state index is 0.